The van der Waals surface area contributed by atoms with Crippen molar-refractivity contribution >= 4 is 17.7 Å². The number of benzene rings is 1. The number of amides is 1. The van der Waals surface area contributed by atoms with Crippen molar-refractivity contribution in [1.82, 2.24) is 9.80 Å². The number of carbonyl (C=O) groups is 1. The van der Waals surface area contributed by atoms with Gasteiger partial charge in [0.25, 0.3) is 0 Å². The fraction of sp³-hybridized carbons (Fsp3) is 0.588. The molecular weight excluding hydrogens is 296 g/mol. The van der Waals surface area contributed by atoms with Crippen molar-refractivity contribution < 1.29 is 9.53 Å². The molecule has 0 aliphatic carbocycles. The molecule has 1 unspecified atom stereocenters. The van der Waals surface area contributed by atoms with Crippen LogP contribution in [0.4, 0.5) is 0 Å². The van der Waals surface area contributed by atoms with E-state index in [1.807, 2.05) is 24.0 Å². The van der Waals surface area contributed by atoms with Crippen molar-refractivity contribution in [3.8, 4) is 5.75 Å². The molecule has 3 rings (SSSR count). The van der Waals surface area contributed by atoms with Gasteiger partial charge in [-0.3, -0.25) is 4.79 Å². The molecule has 2 aliphatic heterocycles. The highest BCUT2D eigenvalue weighted by Gasteiger charge is 2.32. The number of nitrogens with zero attached hydrogens (tertiary/aromatic N) is 2. The topological polar surface area (TPSA) is 32.8 Å². The lowest BCUT2D eigenvalue weighted by atomic mass is 10.2. The molecule has 0 N–H and O–H groups in total. The summed E-state index contributed by atoms with van der Waals surface area (Å²) < 4.78 is 5.49. The van der Waals surface area contributed by atoms with Crippen molar-refractivity contribution in [2.45, 2.75) is 25.1 Å². The maximum absolute atomic E-state index is 12.2. The Balaban J connectivity index is 1.64. The summed E-state index contributed by atoms with van der Waals surface area (Å²) in [4.78, 5) is 16.7. The van der Waals surface area contributed by atoms with Gasteiger partial charge in [-0.2, -0.15) is 0 Å². The second-order valence-corrected chi connectivity index (χ2v) is 6.87. The predicted molar refractivity (Wildman–Crippen MR) is 90.2 cm³/mol. The van der Waals surface area contributed by atoms with Crippen molar-refractivity contribution in [2.24, 2.45) is 0 Å². The molecule has 0 radical (unpaired) electrons. The van der Waals surface area contributed by atoms with Crippen LogP contribution in [-0.4, -0.2) is 54.2 Å². The van der Waals surface area contributed by atoms with E-state index >= 15 is 0 Å². The fourth-order valence-electron chi connectivity index (χ4n) is 3.12. The molecule has 2 fully saturated rings. The maximum Gasteiger partial charge on any atom is 0.233 e. The molecule has 2 saturated heterocycles. The van der Waals surface area contributed by atoms with Crippen LogP contribution < -0.4 is 4.74 Å². The smallest absolute Gasteiger partial charge is 0.233 e. The lowest BCUT2D eigenvalue weighted by Crippen LogP contribution is -2.36. The monoisotopic (exact) mass is 320 g/mol. The van der Waals surface area contributed by atoms with Gasteiger partial charge in [0.15, 0.2) is 0 Å². The first-order valence-corrected chi connectivity index (χ1v) is 9.19. The highest BCUT2D eigenvalue weighted by molar-refractivity contribution is 8.00. The Bertz CT molecular complexity index is 500. The summed E-state index contributed by atoms with van der Waals surface area (Å²) in [5, 5.41) is 0.158. The van der Waals surface area contributed by atoms with Gasteiger partial charge in [0, 0.05) is 13.1 Å². The van der Waals surface area contributed by atoms with E-state index in [0.717, 1.165) is 18.8 Å². The first-order chi connectivity index (χ1) is 10.8. The molecule has 0 bridgehead atoms. The first-order valence-electron chi connectivity index (χ1n) is 8.14. The molecule has 4 nitrogen and oxygen atoms in total. The van der Waals surface area contributed by atoms with Gasteiger partial charge in [-0.15, -0.1) is 11.8 Å². The van der Waals surface area contributed by atoms with Crippen molar-refractivity contribution in [2.75, 3.05) is 38.5 Å². The summed E-state index contributed by atoms with van der Waals surface area (Å²) in [5.41, 5.74) is 1.20. The van der Waals surface area contributed by atoms with Gasteiger partial charge in [0.2, 0.25) is 5.91 Å². The van der Waals surface area contributed by atoms with E-state index in [9.17, 15) is 4.79 Å². The fourth-order valence-corrected chi connectivity index (χ4v) is 4.34. The van der Waals surface area contributed by atoms with Crippen molar-refractivity contribution in [3.05, 3.63) is 29.8 Å². The number of hydrogen-bond acceptors (Lipinski definition) is 4. The van der Waals surface area contributed by atoms with E-state index < -0.39 is 0 Å². The van der Waals surface area contributed by atoms with Gasteiger partial charge in [-0.1, -0.05) is 12.1 Å². The molecule has 1 atom stereocenters. The van der Waals surface area contributed by atoms with E-state index in [2.05, 4.69) is 17.0 Å². The molecule has 2 aliphatic rings. The van der Waals surface area contributed by atoms with Crippen LogP contribution in [0.25, 0.3) is 0 Å². The van der Waals surface area contributed by atoms with Crippen LogP contribution in [0.5, 0.6) is 5.75 Å². The average molecular weight is 320 g/mol. The summed E-state index contributed by atoms with van der Waals surface area (Å²) in [6.45, 7) is 6.87. The van der Waals surface area contributed by atoms with E-state index in [1.165, 1.54) is 31.5 Å². The highest BCUT2D eigenvalue weighted by atomic mass is 32.2. The summed E-state index contributed by atoms with van der Waals surface area (Å²) in [6, 6.07) is 8.18. The third-order valence-corrected chi connectivity index (χ3v) is 5.56. The predicted octanol–water partition coefficient (Wildman–Crippen LogP) is 2.76. The van der Waals surface area contributed by atoms with Crippen molar-refractivity contribution in [1.29, 1.82) is 0 Å². The molecule has 5 heteroatoms. The largest absolute Gasteiger partial charge is 0.494 e. The molecule has 0 spiro atoms. The lowest BCUT2D eigenvalue weighted by Gasteiger charge is -2.26. The molecule has 1 aromatic rings. The molecule has 120 valence electrons. The van der Waals surface area contributed by atoms with E-state index in [-0.39, 0.29) is 11.3 Å². The SMILES string of the molecule is CCOc1ccc(C2SCC(=O)N2CCN2CCCC2)cc1. The minimum Gasteiger partial charge on any atom is -0.494 e. The zero-order valence-corrected chi connectivity index (χ0v) is 14.0. The number of thioether (sulfide) groups is 1. The second-order valence-electron chi connectivity index (χ2n) is 5.80. The van der Waals surface area contributed by atoms with Gasteiger partial charge in [0.05, 0.1) is 12.4 Å². The number of ether oxygens (including phenoxy) is 1. The van der Waals surface area contributed by atoms with Gasteiger partial charge >= 0.3 is 0 Å². The molecule has 1 aromatic carbocycles. The van der Waals surface area contributed by atoms with Crippen LogP contribution in [0, 0.1) is 0 Å². The van der Waals surface area contributed by atoms with Gasteiger partial charge in [0.1, 0.15) is 11.1 Å². The maximum atomic E-state index is 12.2. The lowest BCUT2D eigenvalue weighted by molar-refractivity contribution is -0.128. The molecule has 0 aromatic heterocycles. The Morgan fingerprint density at radius 1 is 1.18 bits per heavy atom. The van der Waals surface area contributed by atoms with E-state index in [4.69, 9.17) is 4.74 Å². The van der Waals surface area contributed by atoms with Crippen LogP contribution in [0.3, 0.4) is 0 Å². The molecular formula is C17H24N2O2S. The summed E-state index contributed by atoms with van der Waals surface area (Å²) in [7, 11) is 0. The minimum absolute atomic E-state index is 0.158. The van der Waals surface area contributed by atoms with Crippen LogP contribution in [0.15, 0.2) is 24.3 Å². The molecule has 0 saturated carbocycles. The Morgan fingerprint density at radius 3 is 2.59 bits per heavy atom. The summed E-state index contributed by atoms with van der Waals surface area (Å²) in [5.74, 6) is 1.75. The molecule has 2 heterocycles. The van der Waals surface area contributed by atoms with Gasteiger partial charge in [-0.05, 0) is 50.6 Å². The molecule has 22 heavy (non-hydrogen) atoms. The number of carbonyl (C=O) groups excluding carboxylic acids is 1. The van der Waals surface area contributed by atoms with Gasteiger partial charge in [-0.25, -0.2) is 0 Å². The van der Waals surface area contributed by atoms with Crippen LogP contribution in [-0.2, 0) is 4.79 Å². The minimum atomic E-state index is 0.158. The summed E-state index contributed by atoms with van der Waals surface area (Å²) >= 11 is 1.73. The Hall–Kier alpha value is -1.20. The first kappa shape index (κ1) is 15.7. The number of rotatable bonds is 6. The van der Waals surface area contributed by atoms with E-state index in [1.54, 1.807) is 11.8 Å². The standard InChI is InChI=1S/C17H24N2O2S/c1-2-21-15-7-5-14(6-8-15)17-19(16(20)13-22-17)12-11-18-9-3-4-10-18/h5-8,17H,2-4,9-13H2,1H3. The van der Waals surface area contributed by atoms with Gasteiger partial charge < -0.3 is 14.5 Å². The zero-order valence-electron chi connectivity index (χ0n) is 13.2. The highest BCUT2D eigenvalue weighted by Crippen LogP contribution is 2.38. The quantitative estimate of drug-likeness (QED) is 0.807. The Kier molecular flexibility index (Phi) is 5.26. The third-order valence-electron chi connectivity index (χ3n) is 4.30. The number of hydrogen-bond donors (Lipinski definition) is 0. The average Bonchev–Trinajstić information content (AvgIpc) is 3.16. The zero-order chi connectivity index (χ0) is 15.4. The van der Waals surface area contributed by atoms with Crippen LogP contribution in [0.1, 0.15) is 30.7 Å². The molecule has 1 amide bonds. The normalized spacial score (nSPS) is 22.5. The van der Waals surface area contributed by atoms with Crippen LogP contribution >= 0.6 is 11.8 Å². The third kappa shape index (κ3) is 3.58. The Labute approximate surface area is 136 Å². The Morgan fingerprint density at radius 2 is 1.91 bits per heavy atom. The van der Waals surface area contributed by atoms with Crippen LogP contribution in [0.2, 0.25) is 0 Å². The number of likely N-dealkylation sites (tertiary alicyclic amines) is 1. The van der Waals surface area contributed by atoms with E-state index in [0.29, 0.717) is 12.4 Å². The van der Waals surface area contributed by atoms with Crippen molar-refractivity contribution in [3.63, 3.8) is 0 Å². The summed E-state index contributed by atoms with van der Waals surface area (Å²) in [6.07, 6.45) is 2.59. The second kappa shape index (κ2) is 7.38.